The quantitative estimate of drug-likeness (QED) is 0.0784. The van der Waals surface area contributed by atoms with E-state index in [2.05, 4.69) is 6.92 Å². The third-order valence-electron chi connectivity index (χ3n) is 7.81. The predicted molar refractivity (Wildman–Crippen MR) is 169 cm³/mol. The number of carbonyl (C=O) groups is 1. The number of esters is 1. The van der Waals surface area contributed by atoms with E-state index in [1.54, 1.807) is 12.1 Å². The number of unbranched alkanes of at least 4 members (excludes halogenated alkanes) is 10. The van der Waals surface area contributed by atoms with Gasteiger partial charge in [-0.05, 0) is 59.9 Å². The Morgan fingerprint density at radius 3 is 1.86 bits per heavy atom. The Bertz CT molecular complexity index is 1200. The number of hydrogen-bond donors (Lipinski definition) is 0. The molecule has 1 unspecified atom stereocenters. The van der Waals surface area contributed by atoms with Gasteiger partial charge >= 0.3 is 12.1 Å². The molecule has 3 nitrogen and oxygen atoms in total. The standard InChI is InChI=1S/C37H47F3O3/c1-3-5-7-9-10-11-12-16-28-42-31-24-20-29(21-25-31)33-17-14-15-18-34(33)36(41)43-32-26-22-30(23-27-32)35(37(38,39)40)19-13-8-6-4-2/h14-15,17-18,20-27,35H,3-13,16,19,28H2,1-2H3. The maximum atomic E-state index is 13.7. The Kier molecular flexibility index (Phi) is 14.6. The summed E-state index contributed by atoms with van der Waals surface area (Å²) in [5, 5.41) is 0. The molecule has 0 fully saturated rings. The van der Waals surface area contributed by atoms with Crippen LogP contribution >= 0.6 is 0 Å². The van der Waals surface area contributed by atoms with Gasteiger partial charge in [-0.3, -0.25) is 0 Å². The van der Waals surface area contributed by atoms with Crippen molar-refractivity contribution >= 4 is 5.97 Å². The fraction of sp³-hybridized carbons (Fsp3) is 0.486. The Morgan fingerprint density at radius 2 is 1.23 bits per heavy atom. The fourth-order valence-electron chi connectivity index (χ4n) is 5.29. The highest BCUT2D eigenvalue weighted by Gasteiger charge is 2.40. The van der Waals surface area contributed by atoms with Crippen LogP contribution in [-0.4, -0.2) is 18.8 Å². The first-order chi connectivity index (χ1) is 20.8. The predicted octanol–water partition coefficient (Wildman–Crippen LogP) is 11.7. The Hall–Kier alpha value is -3.28. The van der Waals surface area contributed by atoms with Crippen LogP contribution in [-0.2, 0) is 0 Å². The van der Waals surface area contributed by atoms with Crippen LogP contribution < -0.4 is 9.47 Å². The second-order valence-corrected chi connectivity index (χ2v) is 11.3. The highest BCUT2D eigenvalue weighted by molar-refractivity contribution is 5.98. The molecule has 0 aliphatic carbocycles. The van der Waals surface area contributed by atoms with Gasteiger partial charge in [-0.15, -0.1) is 0 Å². The maximum Gasteiger partial charge on any atom is 0.395 e. The zero-order valence-electron chi connectivity index (χ0n) is 25.8. The van der Waals surface area contributed by atoms with Crippen LogP contribution in [0.5, 0.6) is 11.5 Å². The number of halogens is 3. The summed E-state index contributed by atoms with van der Waals surface area (Å²) in [5.41, 5.74) is 2.12. The molecule has 234 valence electrons. The van der Waals surface area contributed by atoms with E-state index in [9.17, 15) is 18.0 Å². The van der Waals surface area contributed by atoms with Gasteiger partial charge < -0.3 is 9.47 Å². The van der Waals surface area contributed by atoms with E-state index in [0.717, 1.165) is 37.0 Å². The number of alkyl halides is 3. The van der Waals surface area contributed by atoms with Gasteiger partial charge in [-0.25, -0.2) is 4.79 Å². The Labute approximate surface area is 255 Å². The van der Waals surface area contributed by atoms with Crippen LogP contribution in [0.25, 0.3) is 11.1 Å². The average Bonchev–Trinajstić information content (AvgIpc) is 3.00. The van der Waals surface area contributed by atoms with Gasteiger partial charge in [-0.1, -0.05) is 127 Å². The van der Waals surface area contributed by atoms with Crippen molar-refractivity contribution in [3.05, 3.63) is 83.9 Å². The number of carbonyl (C=O) groups excluding carboxylic acids is 1. The molecule has 0 amide bonds. The zero-order valence-corrected chi connectivity index (χ0v) is 25.8. The van der Waals surface area contributed by atoms with Gasteiger partial charge in [0.05, 0.1) is 18.1 Å². The first kappa shape index (κ1) is 34.2. The Morgan fingerprint density at radius 1 is 0.674 bits per heavy atom. The van der Waals surface area contributed by atoms with E-state index in [1.807, 2.05) is 43.3 Å². The summed E-state index contributed by atoms with van der Waals surface area (Å²) in [5.74, 6) is -1.10. The van der Waals surface area contributed by atoms with Crippen molar-refractivity contribution in [2.45, 2.75) is 109 Å². The topological polar surface area (TPSA) is 35.5 Å². The molecular weight excluding hydrogens is 549 g/mol. The lowest BCUT2D eigenvalue weighted by atomic mass is 9.92. The van der Waals surface area contributed by atoms with Gasteiger partial charge in [0.2, 0.25) is 0 Å². The number of hydrogen-bond acceptors (Lipinski definition) is 3. The summed E-state index contributed by atoms with van der Waals surface area (Å²) < 4.78 is 52.7. The van der Waals surface area contributed by atoms with Crippen LogP contribution in [0, 0.1) is 0 Å². The fourth-order valence-corrected chi connectivity index (χ4v) is 5.29. The third kappa shape index (κ3) is 11.7. The minimum Gasteiger partial charge on any atom is -0.494 e. The molecule has 0 heterocycles. The Balaban J connectivity index is 1.56. The first-order valence-corrected chi connectivity index (χ1v) is 16.0. The smallest absolute Gasteiger partial charge is 0.395 e. The van der Waals surface area contributed by atoms with Gasteiger partial charge in [-0.2, -0.15) is 13.2 Å². The molecule has 43 heavy (non-hydrogen) atoms. The summed E-state index contributed by atoms with van der Waals surface area (Å²) in [4.78, 5) is 13.1. The number of rotatable bonds is 19. The summed E-state index contributed by atoms with van der Waals surface area (Å²) in [6.07, 6.45) is 8.93. The van der Waals surface area contributed by atoms with Crippen LogP contribution in [0.15, 0.2) is 72.8 Å². The molecule has 0 aliphatic heterocycles. The van der Waals surface area contributed by atoms with Crippen molar-refractivity contribution < 1.29 is 27.4 Å². The molecule has 0 bridgehead atoms. The van der Waals surface area contributed by atoms with Crippen molar-refractivity contribution in [1.29, 1.82) is 0 Å². The molecule has 3 rings (SSSR count). The summed E-state index contributed by atoms with van der Waals surface area (Å²) >= 11 is 0. The van der Waals surface area contributed by atoms with Gasteiger partial charge in [0.15, 0.2) is 0 Å². The second kappa shape index (κ2) is 18.4. The van der Waals surface area contributed by atoms with E-state index < -0.39 is 18.1 Å². The molecule has 6 heteroatoms. The van der Waals surface area contributed by atoms with E-state index in [1.165, 1.54) is 69.2 Å². The molecule has 0 radical (unpaired) electrons. The summed E-state index contributed by atoms with van der Waals surface area (Å²) in [6.45, 7) is 4.94. The summed E-state index contributed by atoms with van der Waals surface area (Å²) in [7, 11) is 0. The molecule has 0 saturated carbocycles. The van der Waals surface area contributed by atoms with Crippen LogP contribution in [0.3, 0.4) is 0 Å². The zero-order chi connectivity index (χ0) is 30.9. The lowest BCUT2D eigenvalue weighted by Gasteiger charge is -2.21. The first-order valence-electron chi connectivity index (χ1n) is 16.0. The molecule has 1 atom stereocenters. The number of benzene rings is 3. The van der Waals surface area contributed by atoms with Crippen molar-refractivity contribution in [3.8, 4) is 22.6 Å². The largest absolute Gasteiger partial charge is 0.494 e. The van der Waals surface area contributed by atoms with Gasteiger partial charge in [0.1, 0.15) is 11.5 Å². The highest BCUT2D eigenvalue weighted by Crippen LogP contribution is 2.39. The number of ether oxygens (including phenoxy) is 2. The molecule has 0 spiro atoms. The second-order valence-electron chi connectivity index (χ2n) is 11.3. The van der Waals surface area contributed by atoms with Gasteiger partial charge in [0.25, 0.3) is 0 Å². The molecule has 0 N–H and O–H groups in total. The van der Waals surface area contributed by atoms with Crippen molar-refractivity contribution in [2.75, 3.05) is 6.61 Å². The molecule has 3 aromatic rings. The SMILES string of the molecule is CCCCCCCCCCOc1ccc(-c2ccccc2C(=O)Oc2ccc(C(CCCCCC)C(F)(F)F)cc2)cc1. The van der Waals surface area contributed by atoms with E-state index >= 15 is 0 Å². The van der Waals surface area contributed by atoms with E-state index in [-0.39, 0.29) is 17.7 Å². The van der Waals surface area contributed by atoms with E-state index in [4.69, 9.17) is 9.47 Å². The van der Waals surface area contributed by atoms with Crippen molar-refractivity contribution in [3.63, 3.8) is 0 Å². The molecule has 0 saturated heterocycles. The average molecular weight is 597 g/mol. The van der Waals surface area contributed by atoms with Crippen molar-refractivity contribution in [2.24, 2.45) is 0 Å². The summed E-state index contributed by atoms with van der Waals surface area (Å²) in [6, 6.07) is 20.5. The minimum atomic E-state index is -4.32. The van der Waals surface area contributed by atoms with E-state index in [0.29, 0.717) is 24.2 Å². The molecular formula is C37H47F3O3. The molecule has 0 aliphatic rings. The van der Waals surface area contributed by atoms with Crippen LogP contribution in [0.1, 0.15) is 119 Å². The third-order valence-corrected chi connectivity index (χ3v) is 7.81. The van der Waals surface area contributed by atoms with Crippen LogP contribution in [0.4, 0.5) is 13.2 Å². The van der Waals surface area contributed by atoms with Crippen molar-refractivity contribution in [1.82, 2.24) is 0 Å². The van der Waals surface area contributed by atoms with Crippen LogP contribution in [0.2, 0.25) is 0 Å². The maximum absolute atomic E-state index is 13.7. The van der Waals surface area contributed by atoms with Gasteiger partial charge in [0, 0.05) is 0 Å². The highest BCUT2D eigenvalue weighted by atomic mass is 19.4. The molecule has 3 aromatic carbocycles. The normalized spacial score (nSPS) is 12.2. The monoisotopic (exact) mass is 596 g/mol. The minimum absolute atomic E-state index is 0.0546. The lowest BCUT2D eigenvalue weighted by Crippen LogP contribution is -2.21. The lowest BCUT2D eigenvalue weighted by molar-refractivity contribution is -0.152. The molecule has 0 aromatic heterocycles.